The Balaban J connectivity index is 1.57. The van der Waals surface area contributed by atoms with E-state index in [1.54, 1.807) is 39.0 Å². The van der Waals surface area contributed by atoms with Gasteiger partial charge in [-0.25, -0.2) is 13.6 Å². The van der Waals surface area contributed by atoms with E-state index in [0.29, 0.717) is 24.8 Å². The molecule has 0 aromatic heterocycles. The zero-order chi connectivity index (χ0) is 28.2. The summed E-state index contributed by atoms with van der Waals surface area (Å²) in [5.41, 5.74) is 6.25. The second-order valence-corrected chi connectivity index (χ2v) is 11.1. The summed E-state index contributed by atoms with van der Waals surface area (Å²) in [4.78, 5) is 24.9. The predicted molar refractivity (Wildman–Crippen MR) is 145 cm³/mol. The molecule has 3 aromatic rings. The number of para-hydroxylation sites is 1. The van der Waals surface area contributed by atoms with Gasteiger partial charge in [0.25, 0.3) is 0 Å². The molecule has 8 heteroatoms. The number of hydrogen-bond acceptors (Lipinski definition) is 4. The number of nitrogens with one attached hydrogen (secondary N) is 1. The molecule has 0 unspecified atom stereocenters. The monoisotopic (exact) mass is 536 g/mol. The molecule has 3 N–H and O–H groups in total. The predicted octanol–water partition coefficient (Wildman–Crippen LogP) is 6.30. The topological polar surface area (TPSA) is 90.7 Å². The highest BCUT2D eigenvalue weighted by atomic mass is 19.1. The van der Waals surface area contributed by atoms with E-state index in [0.717, 1.165) is 5.56 Å². The van der Waals surface area contributed by atoms with Crippen molar-refractivity contribution >= 4 is 12.0 Å². The number of amides is 2. The van der Waals surface area contributed by atoms with E-state index < -0.39 is 34.7 Å². The van der Waals surface area contributed by atoms with Gasteiger partial charge in [-0.15, -0.1) is 0 Å². The van der Waals surface area contributed by atoms with Gasteiger partial charge in [-0.05, 0) is 75.8 Å². The number of carbonyl (C=O) groups is 2. The maximum absolute atomic E-state index is 15.1. The van der Waals surface area contributed by atoms with Crippen molar-refractivity contribution in [3.05, 3.63) is 89.5 Å². The average Bonchev–Trinajstić information content (AvgIpc) is 3.27. The van der Waals surface area contributed by atoms with Crippen LogP contribution in [0.3, 0.4) is 0 Å². The molecule has 0 aliphatic heterocycles. The number of benzene rings is 3. The van der Waals surface area contributed by atoms with E-state index in [9.17, 15) is 14.0 Å². The number of nitrogens with two attached hydrogens (primary N) is 1. The van der Waals surface area contributed by atoms with Crippen molar-refractivity contribution in [1.82, 2.24) is 5.32 Å². The number of ether oxygens (including phenoxy) is 2. The molecular formula is C31H34F2N2O4. The first kappa shape index (κ1) is 28.1. The first-order valence-corrected chi connectivity index (χ1v) is 13.0. The molecular weight excluding hydrogens is 502 g/mol. The van der Waals surface area contributed by atoms with Gasteiger partial charge < -0.3 is 20.5 Å². The first-order chi connectivity index (χ1) is 18.5. The molecule has 1 saturated carbocycles. The molecule has 0 spiro atoms. The Morgan fingerprint density at radius 3 is 2.41 bits per heavy atom. The zero-order valence-corrected chi connectivity index (χ0v) is 22.4. The minimum absolute atomic E-state index is 0.0514. The molecule has 1 fully saturated rings. The standard InChI is InChI=1S/C31H34F2N2O4/c1-30(2,3)39-29(37)35-22-14-15-31(18-22,28(34)36)17-21-12-13-25(32)24(16-21)23-10-7-11-26(33)27(23)38-19-20-8-5-4-6-9-20/h4-13,16,22H,14-15,17-19H2,1-3H3,(H2,34,36)(H,35,37)/t22-,31+/m0/s1. The third kappa shape index (κ3) is 6.93. The van der Waals surface area contributed by atoms with Gasteiger partial charge in [-0.3, -0.25) is 4.79 Å². The number of halogens is 2. The fourth-order valence-electron chi connectivity index (χ4n) is 5.07. The van der Waals surface area contributed by atoms with Gasteiger partial charge in [0.05, 0.1) is 5.41 Å². The second-order valence-electron chi connectivity index (χ2n) is 11.1. The minimum Gasteiger partial charge on any atom is -0.485 e. The van der Waals surface area contributed by atoms with Gasteiger partial charge in [-0.2, -0.15) is 0 Å². The van der Waals surface area contributed by atoms with Gasteiger partial charge in [0.15, 0.2) is 11.6 Å². The molecule has 0 bridgehead atoms. The molecule has 0 saturated heterocycles. The van der Waals surface area contributed by atoms with E-state index in [1.165, 1.54) is 18.2 Å². The van der Waals surface area contributed by atoms with Gasteiger partial charge in [0.2, 0.25) is 5.91 Å². The van der Waals surface area contributed by atoms with Gasteiger partial charge in [0, 0.05) is 17.2 Å². The summed E-state index contributed by atoms with van der Waals surface area (Å²) < 4.78 is 41.1. The van der Waals surface area contributed by atoms with Crippen LogP contribution in [0.15, 0.2) is 66.7 Å². The smallest absolute Gasteiger partial charge is 0.407 e. The van der Waals surface area contributed by atoms with E-state index in [2.05, 4.69) is 5.32 Å². The highest BCUT2D eigenvalue weighted by Crippen LogP contribution is 2.42. The van der Waals surface area contributed by atoms with Crippen LogP contribution in [0.25, 0.3) is 11.1 Å². The fraction of sp³-hybridized carbons (Fsp3) is 0.355. The summed E-state index contributed by atoms with van der Waals surface area (Å²) in [6.45, 7) is 5.44. The summed E-state index contributed by atoms with van der Waals surface area (Å²) in [6, 6.07) is 17.9. The van der Waals surface area contributed by atoms with Crippen LogP contribution >= 0.6 is 0 Å². The van der Waals surface area contributed by atoms with Crippen molar-refractivity contribution in [1.29, 1.82) is 0 Å². The van der Waals surface area contributed by atoms with Gasteiger partial charge >= 0.3 is 6.09 Å². The third-order valence-corrected chi connectivity index (χ3v) is 6.91. The van der Waals surface area contributed by atoms with Crippen LogP contribution in [-0.4, -0.2) is 23.6 Å². The van der Waals surface area contributed by atoms with Crippen LogP contribution in [0.5, 0.6) is 5.75 Å². The summed E-state index contributed by atoms with van der Waals surface area (Å²) in [6.07, 6.45) is 1.04. The third-order valence-electron chi connectivity index (χ3n) is 6.91. The molecule has 0 heterocycles. The van der Waals surface area contributed by atoms with Crippen molar-refractivity contribution in [3.63, 3.8) is 0 Å². The lowest BCUT2D eigenvalue weighted by atomic mass is 9.78. The van der Waals surface area contributed by atoms with Crippen LogP contribution in [0.2, 0.25) is 0 Å². The molecule has 1 aliphatic carbocycles. The normalized spacial score (nSPS) is 18.9. The second kappa shape index (κ2) is 11.4. The van der Waals surface area contributed by atoms with Gasteiger partial charge in [0.1, 0.15) is 18.0 Å². The fourth-order valence-corrected chi connectivity index (χ4v) is 5.07. The number of rotatable bonds is 8. The number of carbonyl (C=O) groups excluding carboxylic acids is 2. The molecule has 0 radical (unpaired) electrons. The van der Waals surface area contributed by atoms with Crippen molar-refractivity contribution in [3.8, 4) is 16.9 Å². The highest BCUT2D eigenvalue weighted by Gasteiger charge is 2.45. The Bertz CT molecular complexity index is 1340. The van der Waals surface area contributed by atoms with Crippen LogP contribution in [0, 0.1) is 17.0 Å². The van der Waals surface area contributed by atoms with Crippen LogP contribution in [-0.2, 0) is 22.6 Å². The van der Waals surface area contributed by atoms with Crippen molar-refractivity contribution < 1.29 is 27.8 Å². The lowest BCUT2D eigenvalue weighted by Gasteiger charge is -2.27. The van der Waals surface area contributed by atoms with E-state index >= 15 is 4.39 Å². The largest absolute Gasteiger partial charge is 0.485 e. The maximum atomic E-state index is 15.1. The molecule has 1 aliphatic rings. The summed E-state index contributed by atoms with van der Waals surface area (Å²) in [5, 5.41) is 2.83. The molecule has 2 atom stereocenters. The molecule has 4 rings (SSSR count). The zero-order valence-electron chi connectivity index (χ0n) is 22.4. The Hall–Kier alpha value is -3.94. The molecule has 39 heavy (non-hydrogen) atoms. The maximum Gasteiger partial charge on any atom is 0.407 e. The van der Waals surface area contributed by atoms with Crippen molar-refractivity contribution in [2.24, 2.45) is 11.1 Å². The summed E-state index contributed by atoms with van der Waals surface area (Å²) >= 11 is 0. The van der Waals surface area contributed by atoms with E-state index in [-0.39, 0.29) is 35.9 Å². The summed E-state index contributed by atoms with van der Waals surface area (Å²) in [5.74, 6) is -1.68. The molecule has 2 amide bonds. The first-order valence-electron chi connectivity index (χ1n) is 13.0. The van der Waals surface area contributed by atoms with Crippen LogP contribution in [0.1, 0.15) is 51.2 Å². The lowest BCUT2D eigenvalue weighted by Crippen LogP contribution is -2.41. The molecule has 6 nitrogen and oxygen atoms in total. The summed E-state index contributed by atoms with van der Waals surface area (Å²) in [7, 11) is 0. The van der Waals surface area contributed by atoms with E-state index in [4.69, 9.17) is 15.2 Å². The lowest BCUT2D eigenvalue weighted by molar-refractivity contribution is -0.127. The SMILES string of the molecule is CC(C)(C)OC(=O)N[C@H]1CC[C@](Cc2ccc(F)c(-c3cccc(F)c3OCc3ccccc3)c2)(C(N)=O)C1. The Labute approximate surface area is 227 Å². The molecule has 206 valence electrons. The Morgan fingerprint density at radius 2 is 1.72 bits per heavy atom. The number of primary amides is 1. The highest BCUT2D eigenvalue weighted by molar-refractivity contribution is 5.82. The number of alkyl carbamates (subject to hydrolysis) is 1. The Morgan fingerprint density at radius 1 is 0.974 bits per heavy atom. The minimum atomic E-state index is -0.927. The van der Waals surface area contributed by atoms with Crippen molar-refractivity contribution in [2.75, 3.05) is 0 Å². The van der Waals surface area contributed by atoms with E-state index in [1.807, 2.05) is 30.3 Å². The van der Waals surface area contributed by atoms with Crippen molar-refractivity contribution in [2.45, 2.75) is 64.7 Å². The molecule has 3 aromatic carbocycles. The average molecular weight is 537 g/mol. The Kier molecular flexibility index (Phi) is 8.23. The quantitative estimate of drug-likeness (QED) is 0.353. The number of hydrogen-bond donors (Lipinski definition) is 2. The van der Waals surface area contributed by atoms with Crippen LogP contribution < -0.4 is 15.8 Å². The van der Waals surface area contributed by atoms with Gasteiger partial charge in [-0.1, -0.05) is 48.5 Å². The van der Waals surface area contributed by atoms with Crippen LogP contribution in [0.4, 0.5) is 13.6 Å².